The van der Waals surface area contributed by atoms with Crippen molar-refractivity contribution in [2.75, 3.05) is 24.0 Å². The van der Waals surface area contributed by atoms with Crippen LogP contribution in [-0.4, -0.2) is 14.2 Å². The molecule has 0 aliphatic carbocycles. The van der Waals surface area contributed by atoms with Gasteiger partial charge in [-0.05, 0) is 95.7 Å². The number of ether oxygens (including phenoxy) is 2. The van der Waals surface area contributed by atoms with Crippen LogP contribution in [0.5, 0.6) is 11.5 Å². The fourth-order valence-electron chi connectivity index (χ4n) is 5.05. The Morgan fingerprint density at radius 3 is 1.05 bits per heavy atom. The van der Waals surface area contributed by atoms with Crippen molar-refractivity contribution in [2.24, 2.45) is 0 Å². The highest BCUT2D eigenvalue weighted by Gasteiger charge is 2.23. The maximum atomic E-state index is 5.48. The van der Waals surface area contributed by atoms with Crippen molar-refractivity contribution < 1.29 is 9.47 Å². The molecule has 6 rings (SSSR count). The Balaban J connectivity index is 1.65. The number of hydrogen-bond acceptors (Lipinski definition) is 4. The van der Waals surface area contributed by atoms with Gasteiger partial charge in [0.25, 0.3) is 0 Å². The lowest BCUT2D eigenvalue weighted by molar-refractivity contribution is 0.414. The third kappa shape index (κ3) is 4.95. The number of methoxy groups -OCH3 is 2. The number of benzene rings is 6. The molecule has 0 bridgehead atoms. The summed E-state index contributed by atoms with van der Waals surface area (Å²) in [6.07, 6.45) is 0. The molecule has 0 fully saturated rings. The lowest BCUT2D eigenvalue weighted by atomic mass is 10.0. The fraction of sp³-hybridized carbons (Fsp3) is 0.0556. The van der Waals surface area contributed by atoms with Gasteiger partial charge >= 0.3 is 0 Å². The van der Waals surface area contributed by atoms with E-state index in [0.717, 1.165) is 45.6 Å². The van der Waals surface area contributed by atoms with Crippen molar-refractivity contribution in [2.45, 2.75) is 0 Å². The highest BCUT2D eigenvalue weighted by Crippen LogP contribution is 2.47. The summed E-state index contributed by atoms with van der Waals surface area (Å²) in [4.78, 5) is 4.61. The maximum Gasteiger partial charge on any atom is 0.119 e. The van der Waals surface area contributed by atoms with E-state index in [1.165, 1.54) is 10.8 Å². The third-order valence-electron chi connectivity index (χ3n) is 7.01. The first-order valence-corrected chi connectivity index (χ1v) is 13.3. The summed E-state index contributed by atoms with van der Waals surface area (Å²) >= 11 is 0. The predicted molar refractivity (Wildman–Crippen MR) is 166 cm³/mol. The molecule has 0 saturated heterocycles. The molecule has 4 heteroatoms. The minimum Gasteiger partial charge on any atom is -0.497 e. The van der Waals surface area contributed by atoms with Crippen molar-refractivity contribution in [3.05, 3.63) is 146 Å². The zero-order valence-electron chi connectivity index (χ0n) is 22.6. The minimum atomic E-state index is 0.819. The van der Waals surface area contributed by atoms with Gasteiger partial charge in [-0.1, -0.05) is 60.7 Å². The van der Waals surface area contributed by atoms with Crippen LogP contribution < -0.4 is 19.3 Å². The van der Waals surface area contributed by atoms with Crippen LogP contribution >= 0.6 is 0 Å². The van der Waals surface area contributed by atoms with Crippen molar-refractivity contribution >= 4 is 44.9 Å². The van der Waals surface area contributed by atoms with E-state index in [-0.39, 0.29) is 0 Å². The molecule has 4 nitrogen and oxygen atoms in total. The Morgan fingerprint density at radius 1 is 0.375 bits per heavy atom. The van der Waals surface area contributed by atoms with Gasteiger partial charge in [0.1, 0.15) is 11.5 Å². The van der Waals surface area contributed by atoms with Crippen LogP contribution in [0.4, 0.5) is 34.1 Å². The summed E-state index contributed by atoms with van der Waals surface area (Å²) in [6, 6.07) is 50.5. The molecule has 6 aromatic rings. The maximum absolute atomic E-state index is 5.48. The number of hydrogen-bond donors (Lipinski definition) is 0. The van der Waals surface area contributed by atoms with Crippen LogP contribution in [0.25, 0.3) is 10.8 Å². The topological polar surface area (TPSA) is 24.9 Å². The molecule has 0 radical (unpaired) electrons. The molecular weight excluding hydrogens is 492 g/mol. The van der Waals surface area contributed by atoms with Gasteiger partial charge in [-0.2, -0.15) is 0 Å². The van der Waals surface area contributed by atoms with Gasteiger partial charge in [0.15, 0.2) is 0 Å². The zero-order chi connectivity index (χ0) is 27.3. The first-order chi connectivity index (χ1) is 19.7. The number of para-hydroxylation sites is 2. The summed E-state index contributed by atoms with van der Waals surface area (Å²) in [5.41, 5.74) is 6.29. The minimum absolute atomic E-state index is 0.819. The van der Waals surface area contributed by atoms with E-state index in [9.17, 15) is 0 Å². The zero-order valence-corrected chi connectivity index (χ0v) is 22.6. The monoisotopic (exact) mass is 522 g/mol. The molecule has 0 aliphatic heterocycles. The average molecular weight is 523 g/mol. The molecule has 40 heavy (non-hydrogen) atoms. The molecule has 0 aliphatic rings. The number of nitrogens with zero attached hydrogens (tertiary/aromatic N) is 2. The Kier molecular flexibility index (Phi) is 7.06. The first-order valence-electron chi connectivity index (χ1n) is 13.3. The van der Waals surface area contributed by atoms with Crippen molar-refractivity contribution in [1.29, 1.82) is 0 Å². The Morgan fingerprint density at radius 2 is 0.700 bits per heavy atom. The predicted octanol–water partition coefficient (Wildman–Crippen LogP) is 9.80. The molecule has 0 N–H and O–H groups in total. The summed E-state index contributed by atoms with van der Waals surface area (Å²) in [5.74, 6) is 1.64. The summed E-state index contributed by atoms with van der Waals surface area (Å²) in [7, 11) is 3.38. The van der Waals surface area contributed by atoms with Crippen LogP contribution in [0.2, 0.25) is 0 Å². The van der Waals surface area contributed by atoms with E-state index in [2.05, 4.69) is 119 Å². The lowest BCUT2D eigenvalue weighted by Gasteiger charge is -2.33. The van der Waals surface area contributed by atoms with Crippen molar-refractivity contribution in [3.63, 3.8) is 0 Å². The largest absolute Gasteiger partial charge is 0.497 e. The Labute approximate surface area is 235 Å². The molecule has 0 saturated carbocycles. The molecule has 0 unspecified atom stereocenters. The Hall–Kier alpha value is -5.22. The summed E-state index contributed by atoms with van der Waals surface area (Å²) in [6.45, 7) is 0. The van der Waals surface area contributed by atoms with Gasteiger partial charge in [-0.25, -0.2) is 0 Å². The molecule has 196 valence electrons. The van der Waals surface area contributed by atoms with Crippen LogP contribution in [0.1, 0.15) is 0 Å². The lowest BCUT2D eigenvalue weighted by Crippen LogP contribution is -2.17. The molecule has 0 spiro atoms. The van der Waals surface area contributed by atoms with E-state index < -0.39 is 0 Å². The van der Waals surface area contributed by atoms with Crippen LogP contribution in [0.3, 0.4) is 0 Å². The second-order valence-corrected chi connectivity index (χ2v) is 9.43. The SMILES string of the molecule is COc1ccc(N(c2ccccc2)c2cc3ccccc3cc2N(c2ccccc2)c2ccc(OC)cc2)cc1. The second-order valence-electron chi connectivity index (χ2n) is 9.43. The van der Waals surface area contributed by atoms with Crippen molar-refractivity contribution in [3.8, 4) is 11.5 Å². The third-order valence-corrected chi connectivity index (χ3v) is 7.01. The van der Waals surface area contributed by atoms with E-state index in [1.807, 2.05) is 36.4 Å². The van der Waals surface area contributed by atoms with E-state index in [1.54, 1.807) is 14.2 Å². The quantitative estimate of drug-likeness (QED) is 0.199. The molecule has 6 aromatic carbocycles. The standard InChI is InChI=1S/C36H30N2O2/c1-39-33-21-17-31(18-22-33)37(29-13-5-3-6-14-29)35-25-27-11-9-10-12-28(27)26-36(35)38(30-15-7-4-8-16-30)32-19-23-34(40-2)24-20-32/h3-26H,1-2H3. The summed E-state index contributed by atoms with van der Waals surface area (Å²) < 4.78 is 11.0. The number of anilines is 6. The highest BCUT2D eigenvalue weighted by atomic mass is 16.5. The molecular formula is C36H30N2O2. The van der Waals surface area contributed by atoms with Gasteiger partial charge in [-0.3, -0.25) is 0 Å². The molecule has 0 aromatic heterocycles. The highest BCUT2D eigenvalue weighted by molar-refractivity contribution is 6.00. The normalized spacial score (nSPS) is 10.8. The summed E-state index contributed by atoms with van der Waals surface area (Å²) in [5, 5.41) is 2.33. The van der Waals surface area contributed by atoms with Crippen LogP contribution in [0, 0.1) is 0 Å². The number of rotatable bonds is 8. The fourth-order valence-corrected chi connectivity index (χ4v) is 5.05. The average Bonchev–Trinajstić information content (AvgIpc) is 3.03. The van der Waals surface area contributed by atoms with E-state index >= 15 is 0 Å². The number of fused-ring (bicyclic) bond motifs is 1. The smallest absolute Gasteiger partial charge is 0.119 e. The molecule has 0 atom stereocenters. The molecule has 0 amide bonds. The van der Waals surface area contributed by atoms with Gasteiger partial charge in [0.2, 0.25) is 0 Å². The van der Waals surface area contributed by atoms with Gasteiger partial charge in [-0.15, -0.1) is 0 Å². The molecule has 0 heterocycles. The van der Waals surface area contributed by atoms with Gasteiger partial charge in [0.05, 0.1) is 25.6 Å². The van der Waals surface area contributed by atoms with Crippen LogP contribution in [0.15, 0.2) is 146 Å². The Bertz CT molecular complexity index is 1570. The second kappa shape index (κ2) is 11.3. The van der Waals surface area contributed by atoms with E-state index in [4.69, 9.17) is 9.47 Å². The van der Waals surface area contributed by atoms with Gasteiger partial charge < -0.3 is 19.3 Å². The van der Waals surface area contributed by atoms with Crippen molar-refractivity contribution in [1.82, 2.24) is 0 Å². The van der Waals surface area contributed by atoms with Gasteiger partial charge in [0, 0.05) is 22.7 Å². The first kappa shape index (κ1) is 25.1. The van der Waals surface area contributed by atoms with Crippen LogP contribution in [-0.2, 0) is 0 Å². The van der Waals surface area contributed by atoms with E-state index in [0.29, 0.717) is 0 Å².